The summed E-state index contributed by atoms with van der Waals surface area (Å²) < 4.78 is 18.0. The molecule has 1 aliphatic heterocycles. The molecule has 5 rings (SSSR count). The second-order valence-corrected chi connectivity index (χ2v) is 9.67. The molecule has 0 spiro atoms. The lowest BCUT2D eigenvalue weighted by Gasteiger charge is -2.42. The van der Waals surface area contributed by atoms with Crippen molar-refractivity contribution in [2.75, 3.05) is 19.4 Å². The molecule has 1 saturated carbocycles. The number of rotatable bonds is 1. The van der Waals surface area contributed by atoms with Gasteiger partial charge in [0, 0.05) is 34.4 Å². The Hall–Kier alpha value is -2.54. The summed E-state index contributed by atoms with van der Waals surface area (Å²) in [5.74, 6) is -0.317. The maximum absolute atomic E-state index is 13.2. The maximum Gasteiger partial charge on any atom is 0.227 e. The van der Waals surface area contributed by atoms with Crippen molar-refractivity contribution in [3.63, 3.8) is 0 Å². The zero-order valence-electron chi connectivity index (χ0n) is 16.3. The largest absolute Gasteiger partial charge is 0.493 e. The topological polar surface area (TPSA) is 89.5 Å². The van der Waals surface area contributed by atoms with Gasteiger partial charge in [-0.05, 0) is 42.5 Å². The standard InChI is InChI=1S/C22H21NO5S/c1-22-6-4-3-5-14(22)20(28-2)18(25)13-9-11-12(10-15(13)22)19(26)21-16(17(11)24)23-7-8-29(21)27/h9-10,23H,3-8H2,1-2H3. The minimum atomic E-state index is -1.50. The number of hydrogen-bond acceptors (Lipinski definition) is 6. The lowest BCUT2D eigenvalue weighted by Crippen LogP contribution is -2.40. The van der Waals surface area contributed by atoms with Gasteiger partial charge in [-0.15, -0.1) is 0 Å². The van der Waals surface area contributed by atoms with Crippen LogP contribution in [0.4, 0.5) is 0 Å². The van der Waals surface area contributed by atoms with Crippen molar-refractivity contribution in [2.24, 2.45) is 0 Å². The van der Waals surface area contributed by atoms with Gasteiger partial charge >= 0.3 is 0 Å². The summed E-state index contributed by atoms with van der Waals surface area (Å²) in [5.41, 5.74) is 2.33. The van der Waals surface area contributed by atoms with E-state index in [0.717, 1.165) is 36.8 Å². The first-order valence-electron chi connectivity index (χ1n) is 9.85. The number of allylic oxidation sites excluding steroid dienone is 4. The van der Waals surface area contributed by atoms with Gasteiger partial charge in [-0.3, -0.25) is 18.6 Å². The monoisotopic (exact) mass is 411 g/mol. The molecule has 1 heterocycles. The Kier molecular flexibility index (Phi) is 3.97. The van der Waals surface area contributed by atoms with Crippen molar-refractivity contribution >= 4 is 28.1 Å². The Morgan fingerprint density at radius 2 is 1.79 bits per heavy atom. The van der Waals surface area contributed by atoms with Gasteiger partial charge in [-0.25, -0.2) is 0 Å². The third kappa shape index (κ3) is 2.34. The van der Waals surface area contributed by atoms with Crippen molar-refractivity contribution in [3.8, 4) is 0 Å². The molecular weight excluding hydrogens is 390 g/mol. The first-order chi connectivity index (χ1) is 13.9. The van der Waals surface area contributed by atoms with E-state index in [1.807, 2.05) is 0 Å². The van der Waals surface area contributed by atoms with Crippen LogP contribution < -0.4 is 5.32 Å². The van der Waals surface area contributed by atoms with Crippen LogP contribution in [0.15, 0.2) is 34.1 Å². The van der Waals surface area contributed by atoms with Crippen LogP contribution >= 0.6 is 0 Å². The summed E-state index contributed by atoms with van der Waals surface area (Å²) in [6.45, 7) is 2.46. The maximum atomic E-state index is 13.2. The molecule has 0 aromatic heterocycles. The third-order valence-electron chi connectivity index (χ3n) is 6.67. The van der Waals surface area contributed by atoms with Crippen LogP contribution in [-0.4, -0.2) is 41.0 Å². The van der Waals surface area contributed by atoms with Crippen LogP contribution in [-0.2, 0) is 21.0 Å². The Morgan fingerprint density at radius 1 is 1.03 bits per heavy atom. The zero-order chi connectivity index (χ0) is 20.5. The first-order valence-corrected chi connectivity index (χ1v) is 11.2. The molecule has 150 valence electrons. The molecule has 0 bridgehead atoms. The number of carbonyl (C=O) groups excluding carboxylic acids is 3. The number of Topliss-reactive ketones (excluding diaryl/α,β-unsaturated/α-hetero) is 3. The van der Waals surface area contributed by atoms with Crippen LogP contribution in [0.25, 0.3) is 0 Å². The fourth-order valence-corrected chi connectivity index (χ4v) is 6.39. The van der Waals surface area contributed by atoms with Crippen LogP contribution in [0.2, 0.25) is 0 Å². The van der Waals surface area contributed by atoms with E-state index in [0.29, 0.717) is 23.6 Å². The van der Waals surface area contributed by atoms with Gasteiger partial charge in [0.15, 0.2) is 5.76 Å². The van der Waals surface area contributed by atoms with Crippen molar-refractivity contribution in [3.05, 3.63) is 56.3 Å². The lowest BCUT2D eigenvalue weighted by molar-refractivity contribution is 0.0927. The molecule has 0 radical (unpaired) electrons. The molecule has 4 aliphatic rings. The van der Waals surface area contributed by atoms with Gasteiger partial charge < -0.3 is 10.1 Å². The summed E-state index contributed by atoms with van der Waals surface area (Å²) in [5, 5.41) is 2.93. The van der Waals surface area contributed by atoms with Crippen LogP contribution in [0.3, 0.4) is 0 Å². The Morgan fingerprint density at radius 3 is 2.55 bits per heavy atom. The van der Waals surface area contributed by atoms with Crippen molar-refractivity contribution < 1.29 is 23.3 Å². The quantitative estimate of drug-likeness (QED) is 0.764. The number of benzene rings is 1. The summed E-state index contributed by atoms with van der Waals surface area (Å²) in [7, 11) is 0.00708. The molecule has 2 atom stereocenters. The molecule has 2 unspecified atom stereocenters. The SMILES string of the molecule is COC1=C2CCCCC2(C)c2cc3c(cc2C1=O)C(=O)C1=C(C3=O)S(=O)CCN1. The fourth-order valence-electron chi connectivity index (χ4n) is 5.19. The minimum absolute atomic E-state index is 0.0676. The minimum Gasteiger partial charge on any atom is -0.493 e. The number of ether oxygens (including phenoxy) is 1. The van der Waals surface area contributed by atoms with Crippen molar-refractivity contribution in [1.82, 2.24) is 5.32 Å². The van der Waals surface area contributed by atoms with Crippen LogP contribution in [0.1, 0.15) is 69.2 Å². The smallest absolute Gasteiger partial charge is 0.227 e. The molecule has 7 heteroatoms. The fraction of sp³-hybridized carbons (Fsp3) is 0.409. The van der Waals surface area contributed by atoms with Gasteiger partial charge in [0.25, 0.3) is 0 Å². The van der Waals surface area contributed by atoms with Gasteiger partial charge in [-0.1, -0.05) is 13.3 Å². The summed E-state index contributed by atoms with van der Waals surface area (Å²) in [4.78, 5) is 39.5. The van der Waals surface area contributed by atoms with Crippen LogP contribution in [0, 0.1) is 0 Å². The van der Waals surface area contributed by atoms with E-state index >= 15 is 0 Å². The number of methoxy groups -OCH3 is 1. The highest BCUT2D eigenvalue weighted by molar-refractivity contribution is 7.90. The molecule has 3 aliphatic carbocycles. The van der Waals surface area contributed by atoms with Crippen molar-refractivity contribution in [2.45, 2.75) is 38.0 Å². The molecule has 1 fully saturated rings. The zero-order valence-corrected chi connectivity index (χ0v) is 17.2. The highest BCUT2D eigenvalue weighted by atomic mass is 32.2. The van der Waals surface area contributed by atoms with Gasteiger partial charge in [0.05, 0.1) is 17.9 Å². The van der Waals surface area contributed by atoms with Gasteiger partial charge in [-0.2, -0.15) is 0 Å². The van der Waals surface area contributed by atoms with E-state index < -0.39 is 16.2 Å². The highest BCUT2D eigenvalue weighted by Crippen LogP contribution is 2.50. The number of hydrogen-bond donors (Lipinski definition) is 1. The molecule has 1 aromatic carbocycles. The van der Waals surface area contributed by atoms with E-state index in [2.05, 4.69) is 12.2 Å². The third-order valence-corrected chi connectivity index (χ3v) is 8.09. The second-order valence-electron chi connectivity index (χ2n) is 8.16. The summed E-state index contributed by atoms with van der Waals surface area (Å²) in [6.07, 6.45) is 3.62. The Balaban J connectivity index is 1.76. The van der Waals surface area contributed by atoms with E-state index in [-0.39, 0.29) is 39.1 Å². The van der Waals surface area contributed by atoms with Gasteiger partial charge in [0.2, 0.25) is 17.3 Å². The molecule has 29 heavy (non-hydrogen) atoms. The molecule has 0 saturated heterocycles. The first kappa shape index (κ1) is 18.5. The Bertz CT molecular complexity index is 1110. The number of fused-ring (bicyclic) bond motifs is 4. The van der Waals surface area contributed by atoms with Crippen molar-refractivity contribution in [1.29, 1.82) is 0 Å². The van der Waals surface area contributed by atoms with Crippen LogP contribution in [0.5, 0.6) is 0 Å². The summed E-state index contributed by atoms with van der Waals surface area (Å²) >= 11 is 0. The molecule has 1 N–H and O–H groups in total. The number of ketones is 3. The van der Waals surface area contributed by atoms with Gasteiger partial charge in [0.1, 0.15) is 10.6 Å². The lowest BCUT2D eigenvalue weighted by atomic mass is 9.62. The van der Waals surface area contributed by atoms with E-state index in [1.54, 1.807) is 12.1 Å². The molecule has 0 amide bonds. The number of nitrogens with one attached hydrogen (secondary N) is 1. The molecular formula is C22H21NO5S. The molecule has 1 aromatic rings. The molecule has 6 nitrogen and oxygen atoms in total. The Labute approximate surface area is 170 Å². The van der Waals surface area contributed by atoms with E-state index in [4.69, 9.17) is 4.74 Å². The number of carbonyl (C=O) groups is 3. The summed E-state index contributed by atoms with van der Waals surface area (Å²) in [6, 6.07) is 3.25. The highest BCUT2D eigenvalue weighted by Gasteiger charge is 2.46. The second kappa shape index (κ2) is 6.23. The van der Waals surface area contributed by atoms with E-state index in [1.165, 1.54) is 7.11 Å². The predicted molar refractivity (Wildman–Crippen MR) is 107 cm³/mol. The predicted octanol–water partition coefficient (Wildman–Crippen LogP) is 2.56. The normalized spacial score (nSPS) is 28.3. The average Bonchev–Trinajstić information content (AvgIpc) is 2.72. The average molecular weight is 411 g/mol. The van der Waals surface area contributed by atoms with E-state index in [9.17, 15) is 18.6 Å².